The first-order valence-electron chi connectivity index (χ1n) is 6.09. The molecule has 0 aromatic rings. The maximum atomic E-state index is 10.7. The first kappa shape index (κ1) is 12.5. The predicted octanol–water partition coefficient (Wildman–Crippen LogP) is 2.36. The van der Waals surface area contributed by atoms with Crippen LogP contribution in [0.25, 0.3) is 0 Å². The molecule has 15 heavy (non-hydrogen) atoms. The number of rotatable bonds is 4. The van der Waals surface area contributed by atoms with Crippen LogP contribution in [-0.4, -0.2) is 35.1 Å². The van der Waals surface area contributed by atoms with Gasteiger partial charge in [-0.3, -0.25) is 9.69 Å². The molecule has 0 saturated heterocycles. The largest absolute Gasteiger partial charge is 0.480 e. The summed E-state index contributed by atoms with van der Waals surface area (Å²) in [7, 11) is 0. The van der Waals surface area contributed by atoms with E-state index in [1.165, 1.54) is 32.1 Å². The van der Waals surface area contributed by atoms with E-state index in [0.717, 1.165) is 12.5 Å². The van der Waals surface area contributed by atoms with E-state index in [1.54, 1.807) is 0 Å². The van der Waals surface area contributed by atoms with Gasteiger partial charge in [0.25, 0.3) is 0 Å². The topological polar surface area (TPSA) is 40.5 Å². The molecule has 1 rings (SSSR count). The molecular weight excluding hydrogens is 190 g/mol. The minimum absolute atomic E-state index is 0.204. The SMILES string of the molecule is CCN(CC(=O)O)C1CCCC(C)CC1. The maximum absolute atomic E-state index is 10.7. The standard InChI is InChI=1S/C12H23NO2/c1-3-13(9-12(14)15)11-6-4-5-10(2)7-8-11/h10-11H,3-9H2,1-2H3,(H,14,15). The summed E-state index contributed by atoms with van der Waals surface area (Å²) in [6, 6.07) is 0.496. The van der Waals surface area contributed by atoms with Crippen LogP contribution in [0.15, 0.2) is 0 Å². The smallest absolute Gasteiger partial charge is 0.317 e. The van der Waals surface area contributed by atoms with E-state index < -0.39 is 5.97 Å². The van der Waals surface area contributed by atoms with Gasteiger partial charge < -0.3 is 5.11 Å². The molecule has 0 spiro atoms. The van der Waals surface area contributed by atoms with Gasteiger partial charge in [0.1, 0.15) is 0 Å². The van der Waals surface area contributed by atoms with Crippen molar-refractivity contribution in [1.82, 2.24) is 4.90 Å². The number of aliphatic carboxylic acids is 1. The molecule has 2 atom stereocenters. The van der Waals surface area contributed by atoms with Gasteiger partial charge in [0, 0.05) is 6.04 Å². The lowest BCUT2D eigenvalue weighted by molar-refractivity contribution is -0.138. The first-order valence-corrected chi connectivity index (χ1v) is 6.09. The maximum Gasteiger partial charge on any atom is 0.317 e. The van der Waals surface area contributed by atoms with Gasteiger partial charge in [-0.15, -0.1) is 0 Å². The van der Waals surface area contributed by atoms with Crippen molar-refractivity contribution in [2.45, 2.75) is 52.0 Å². The molecule has 1 fully saturated rings. The minimum atomic E-state index is -0.700. The Bertz CT molecular complexity index is 206. The van der Waals surface area contributed by atoms with Crippen molar-refractivity contribution in [3.63, 3.8) is 0 Å². The lowest BCUT2D eigenvalue weighted by Gasteiger charge is -2.28. The third-order valence-corrected chi connectivity index (χ3v) is 3.49. The second kappa shape index (κ2) is 6.11. The van der Waals surface area contributed by atoms with Crippen LogP contribution in [0.3, 0.4) is 0 Å². The number of hydrogen-bond donors (Lipinski definition) is 1. The number of carboxylic acid groups (broad SMARTS) is 1. The molecule has 0 heterocycles. The van der Waals surface area contributed by atoms with Crippen molar-refractivity contribution in [3.05, 3.63) is 0 Å². The summed E-state index contributed by atoms with van der Waals surface area (Å²) in [5, 5.41) is 8.83. The van der Waals surface area contributed by atoms with Gasteiger partial charge in [-0.25, -0.2) is 0 Å². The highest BCUT2D eigenvalue weighted by Crippen LogP contribution is 2.25. The number of likely N-dealkylation sites (N-methyl/N-ethyl adjacent to an activating group) is 1. The van der Waals surface area contributed by atoms with E-state index in [0.29, 0.717) is 6.04 Å². The highest BCUT2D eigenvalue weighted by Gasteiger charge is 2.22. The zero-order valence-corrected chi connectivity index (χ0v) is 9.91. The van der Waals surface area contributed by atoms with Gasteiger partial charge in [-0.1, -0.05) is 26.7 Å². The summed E-state index contributed by atoms with van der Waals surface area (Å²) < 4.78 is 0. The van der Waals surface area contributed by atoms with Gasteiger partial charge >= 0.3 is 5.97 Å². The lowest BCUT2D eigenvalue weighted by atomic mass is 10.0. The van der Waals surface area contributed by atoms with Crippen molar-refractivity contribution in [2.24, 2.45) is 5.92 Å². The third kappa shape index (κ3) is 4.20. The van der Waals surface area contributed by atoms with Crippen molar-refractivity contribution >= 4 is 5.97 Å². The van der Waals surface area contributed by atoms with Crippen LogP contribution < -0.4 is 0 Å². The van der Waals surface area contributed by atoms with E-state index in [-0.39, 0.29) is 6.54 Å². The molecule has 1 aliphatic rings. The van der Waals surface area contributed by atoms with Crippen LogP contribution in [-0.2, 0) is 4.79 Å². The molecule has 0 radical (unpaired) electrons. The fourth-order valence-corrected chi connectivity index (χ4v) is 2.51. The van der Waals surface area contributed by atoms with E-state index >= 15 is 0 Å². The molecule has 3 nitrogen and oxygen atoms in total. The van der Waals surface area contributed by atoms with Crippen LogP contribution in [0.2, 0.25) is 0 Å². The molecule has 3 heteroatoms. The lowest BCUT2D eigenvalue weighted by Crippen LogP contribution is -2.38. The van der Waals surface area contributed by atoms with Crippen molar-refractivity contribution in [1.29, 1.82) is 0 Å². The van der Waals surface area contributed by atoms with Crippen molar-refractivity contribution in [2.75, 3.05) is 13.1 Å². The van der Waals surface area contributed by atoms with E-state index in [1.807, 2.05) is 0 Å². The number of carbonyl (C=O) groups is 1. The highest BCUT2D eigenvalue weighted by molar-refractivity contribution is 5.69. The number of carboxylic acids is 1. The van der Waals surface area contributed by atoms with Crippen LogP contribution in [0, 0.1) is 5.92 Å². The molecule has 2 unspecified atom stereocenters. The van der Waals surface area contributed by atoms with Crippen LogP contribution in [0.5, 0.6) is 0 Å². The molecule has 1 aliphatic carbocycles. The van der Waals surface area contributed by atoms with Crippen LogP contribution in [0.1, 0.15) is 46.0 Å². The minimum Gasteiger partial charge on any atom is -0.480 e. The predicted molar refractivity (Wildman–Crippen MR) is 60.9 cm³/mol. The molecule has 0 amide bonds. The van der Waals surface area contributed by atoms with Gasteiger partial charge in [0.2, 0.25) is 0 Å². The molecule has 88 valence electrons. The van der Waals surface area contributed by atoms with Gasteiger partial charge in [-0.2, -0.15) is 0 Å². The summed E-state index contributed by atoms with van der Waals surface area (Å²) >= 11 is 0. The Labute approximate surface area is 92.5 Å². The monoisotopic (exact) mass is 213 g/mol. The summed E-state index contributed by atoms with van der Waals surface area (Å²) in [4.78, 5) is 12.8. The zero-order valence-electron chi connectivity index (χ0n) is 9.91. The van der Waals surface area contributed by atoms with Crippen molar-refractivity contribution < 1.29 is 9.90 Å². The Morgan fingerprint density at radius 2 is 2.07 bits per heavy atom. The summed E-state index contributed by atoms with van der Waals surface area (Å²) in [5.74, 6) is 0.118. The Hall–Kier alpha value is -0.570. The molecular formula is C12H23NO2. The molecule has 1 N–H and O–H groups in total. The summed E-state index contributed by atoms with van der Waals surface area (Å²) in [6.07, 6.45) is 6.15. The van der Waals surface area contributed by atoms with E-state index in [4.69, 9.17) is 5.11 Å². The fourth-order valence-electron chi connectivity index (χ4n) is 2.51. The van der Waals surface area contributed by atoms with Gasteiger partial charge in [0.05, 0.1) is 6.54 Å². The average molecular weight is 213 g/mol. The van der Waals surface area contributed by atoms with E-state index in [9.17, 15) is 4.79 Å². The van der Waals surface area contributed by atoms with Gasteiger partial charge in [0.15, 0.2) is 0 Å². The Morgan fingerprint density at radius 1 is 1.33 bits per heavy atom. The zero-order chi connectivity index (χ0) is 11.3. The first-order chi connectivity index (χ1) is 7.13. The molecule has 0 aromatic carbocycles. The molecule has 0 aromatic heterocycles. The quantitative estimate of drug-likeness (QED) is 0.729. The van der Waals surface area contributed by atoms with E-state index in [2.05, 4.69) is 18.7 Å². The Morgan fingerprint density at radius 3 is 2.67 bits per heavy atom. The fraction of sp³-hybridized carbons (Fsp3) is 0.917. The molecule has 0 bridgehead atoms. The number of hydrogen-bond acceptors (Lipinski definition) is 2. The van der Waals surface area contributed by atoms with Crippen molar-refractivity contribution in [3.8, 4) is 0 Å². The summed E-state index contributed by atoms with van der Waals surface area (Å²) in [6.45, 7) is 5.41. The number of nitrogens with zero attached hydrogens (tertiary/aromatic N) is 1. The Kier molecular flexibility index (Phi) is 5.09. The third-order valence-electron chi connectivity index (χ3n) is 3.49. The van der Waals surface area contributed by atoms with Gasteiger partial charge in [-0.05, 0) is 31.7 Å². The highest BCUT2D eigenvalue weighted by atomic mass is 16.4. The second-order valence-electron chi connectivity index (χ2n) is 4.72. The average Bonchev–Trinajstić information content (AvgIpc) is 2.39. The van der Waals surface area contributed by atoms with Crippen LogP contribution in [0.4, 0.5) is 0 Å². The second-order valence-corrected chi connectivity index (χ2v) is 4.72. The molecule has 1 saturated carbocycles. The summed E-state index contributed by atoms with van der Waals surface area (Å²) in [5.41, 5.74) is 0. The Balaban J connectivity index is 2.47. The van der Waals surface area contributed by atoms with Crippen LogP contribution >= 0.6 is 0 Å². The molecule has 0 aliphatic heterocycles. The normalized spacial score (nSPS) is 27.7.